The van der Waals surface area contributed by atoms with Gasteiger partial charge in [-0.2, -0.15) is 0 Å². The highest BCUT2D eigenvalue weighted by atomic mass is 16.5. The molecule has 0 aromatic heterocycles. The van der Waals surface area contributed by atoms with Gasteiger partial charge in [0.2, 0.25) is 0 Å². The summed E-state index contributed by atoms with van der Waals surface area (Å²) >= 11 is 0. The Morgan fingerprint density at radius 2 is 1.67 bits per heavy atom. The van der Waals surface area contributed by atoms with Crippen LogP contribution in [0.25, 0.3) is 0 Å². The minimum atomic E-state index is -0.487. The molecule has 0 spiro atoms. The normalized spacial score (nSPS) is 10.3. The van der Waals surface area contributed by atoms with E-state index < -0.39 is 5.97 Å². The summed E-state index contributed by atoms with van der Waals surface area (Å²) in [5.74, 6) is -0.398. The number of para-hydroxylation sites is 1. The van der Waals surface area contributed by atoms with Crippen molar-refractivity contribution < 1.29 is 19.1 Å². The van der Waals surface area contributed by atoms with Crippen LogP contribution in [0.15, 0.2) is 54.6 Å². The molecule has 2 aromatic carbocycles. The molecule has 2 aromatic rings. The fourth-order valence-corrected chi connectivity index (χ4v) is 2.07. The zero-order valence-electron chi connectivity index (χ0n) is 13.8. The highest BCUT2D eigenvalue weighted by Gasteiger charge is 2.15. The molecule has 0 heterocycles. The van der Waals surface area contributed by atoms with Crippen LogP contribution < -0.4 is 10.1 Å². The van der Waals surface area contributed by atoms with E-state index in [9.17, 15) is 9.59 Å². The van der Waals surface area contributed by atoms with Crippen LogP contribution in [0.1, 0.15) is 29.8 Å². The minimum absolute atomic E-state index is 0.0344. The highest BCUT2D eigenvalue weighted by molar-refractivity contribution is 5.92. The first-order valence-electron chi connectivity index (χ1n) is 7.78. The van der Waals surface area contributed by atoms with E-state index in [0.717, 1.165) is 5.56 Å². The smallest absolute Gasteiger partial charge is 0.342 e. The monoisotopic (exact) mass is 327 g/mol. The lowest BCUT2D eigenvalue weighted by Gasteiger charge is -2.12. The van der Waals surface area contributed by atoms with Gasteiger partial charge >= 0.3 is 5.97 Å². The maximum absolute atomic E-state index is 12.3. The summed E-state index contributed by atoms with van der Waals surface area (Å²) in [7, 11) is 0. The first kappa shape index (κ1) is 17.5. The Morgan fingerprint density at radius 3 is 2.38 bits per heavy atom. The number of rotatable bonds is 7. The summed E-state index contributed by atoms with van der Waals surface area (Å²) < 4.78 is 10.8. The van der Waals surface area contributed by atoms with Crippen molar-refractivity contribution in [2.75, 3.05) is 6.61 Å². The number of hydrogen-bond acceptors (Lipinski definition) is 4. The zero-order valence-corrected chi connectivity index (χ0v) is 13.8. The number of amides is 1. The van der Waals surface area contributed by atoms with Gasteiger partial charge in [-0.05, 0) is 31.5 Å². The molecule has 2 rings (SSSR count). The molecule has 0 aliphatic rings. The molecule has 0 aliphatic carbocycles. The van der Waals surface area contributed by atoms with Gasteiger partial charge in [0.1, 0.15) is 17.9 Å². The summed E-state index contributed by atoms with van der Waals surface area (Å²) in [4.78, 5) is 23.9. The van der Waals surface area contributed by atoms with Crippen LogP contribution in [0.5, 0.6) is 5.75 Å². The van der Waals surface area contributed by atoms with E-state index in [1.54, 1.807) is 24.3 Å². The molecule has 1 amide bonds. The van der Waals surface area contributed by atoms with Crippen LogP contribution in [0.2, 0.25) is 0 Å². The Kier molecular flexibility index (Phi) is 6.37. The van der Waals surface area contributed by atoms with Gasteiger partial charge in [0, 0.05) is 6.04 Å². The van der Waals surface area contributed by atoms with Crippen molar-refractivity contribution in [3.05, 3.63) is 65.7 Å². The lowest BCUT2D eigenvalue weighted by Crippen LogP contribution is -2.34. The quantitative estimate of drug-likeness (QED) is 0.794. The number of nitrogens with one attached hydrogen (secondary N) is 1. The summed E-state index contributed by atoms with van der Waals surface area (Å²) in [6, 6.07) is 16.2. The maximum atomic E-state index is 12.3. The SMILES string of the molecule is CC(C)NC(=O)COc1ccccc1C(=O)OCc1ccccc1. The maximum Gasteiger partial charge on any atom is 0.342 e. The lowest BCUT2D eigenvalue weighted by atomic mass is 10.2. The number of hydrogen-bond donors (Lipinski definition) is 1. The highest BCUT2D eigenvalue weighted by Crippen LogP contribution is 2.19. The Bertz CT molecular complexity index is 683. The third-order valence-corrected chi connectivity index (χ3v) is 3.13. The molecular formula is C19H21NO4. The van der Waals surface area contributed by atoms with Gasteiger partial charge in [-0.15, -0.1) is 0 Å². The van der Waals surface area contributed by atoms with E-state index in [-0.39, 0.29) is 25.2 Å². The molecule has 0 bridgehead atoms. The largest absolute Gasteiger partial charge is 0.483 e. The van der Waals surface area contributed by atoms with Crippen LogP contribution in [-0.4, -0.2) is 24.5 Å². The second-order valence-corrected chi connectivity index (χ2v) is 5.57. The topological polar surface area (TPSA) is 64.6 Å². The second kappa shape index (κ2) is 8.72. The van der Waals surface area contributed by atoms with Gasteiger partial charge < -0.3 is 14.8 Å². The summed E-state index contributed by atoms with van der Waals surface area (Å²) in [5.41, 5.74) is 1.20. The molecule has 126 valence electrons. The lowest BCUT2D eigenvalue weighted by molar-refractivity contribution is -0.123. The molecule has 0 atom stereocenters. The second-order valence-electron chi connectivity index (χ2n) is 5.57. The van der Waals surface area contributed by atoms with Gasteiger partial charge in [-0.1, -0.05) is 42.5 Å². The van der Waals surface area contributed by atoms with Gasteiger partial charge in [-0.25, -0.2) is 4.79 Å². The van der Waals surface area contributed by atoms with Crippen molar-refractivity contribution in [3.63, 3.8) is 0 Å². The molecule has 0 fully saturated rings. The van der Waals surface area contributed by atoms with Crippen LogP contribution in [-0.2, 0) is 16.1 Å². The van der Waals surface area contributed by atoms with E-state index in [1.165, 1.54) is 0 Å². The molecule has 0 aliphatic heterocycles. The molecule has 1 N–H and O–H groups in total. The Morgan fingerprint density at radius 1 is 1.00 bits per heavy atom. The standard InChI is InChI=1S/C19H21NO4/c1-14(2)20-18(21)13-23-17-11-7-6-10-16(17)19(22)24-12-15-8-4-3-5-9-15/h3-11,14H,12-13H2,1-2H3,(H,20,21). The Labute approximate surface area is 141 Å². The van der Waals surface area contributed by atoms with Gasteiger partial charge in [0.15, 0.2) is 6.61 Å². The fourth-order valence-electron chi connectivity index (χ4n) is 2.07. The fraction of sp³-hybridized carbons (Fsp3) is 0.263. The summed E-state index contributed by atoms with van der Waals surface area (Å²) in [5, 5.41) is 2.73. The molecule has 24 heavy (non-hydrogen) atoms. The zero-order chi connectivity index (χ0) is 17.4. The predicted molar refractivity (Wildman–Crippen MR) is 90.8 cm³/mol. The molecule has 0 radical (unpaired) electrons. The van der Waals surface area contributed by atoms with E-state index >= 15 is 0 Å². The minimum Gasteiger partial charge on any atom is -0.483 e. The van der Waals surface area contributed by atoms with E-state index in [1.807, 2.05) is 44.2 Å². The van der Waals surface area contributed by atoms with Crippen LogP contribution >= 0.6 is 0 Å². The predicted octanol–water partition coefficient (Wildman–Crippen LogP) is 2.95. The van der Waals surface area contributed by atoms with Crippen molar-refractivity contribution in [1.82, 2.24) is 5.32 Å². The average molecular weight is 327 g/mol. The van der Waals surface area contributed by atoms with E-state index in [2.05, 4.69) is 5.32 Å². The van der Waals surface area contributed by atoms with E-state index in [0.29, 0.717) is 11.3 Å². The molecule has 0 saturated heterocycles. The Balaban J connectivity index is 1.97. The Hall–Kier alpha value is -2.82. The van der Waals surface area contributed by atoms with E-state index in [4.69, 9.17) is 9.47 Å². The first-order valence-corrected chi connectivity index (χ1v) is 7.78. The summed E-state index contributed by atoms with van der Waals surface area (Å²) in [6.07, 6.45) is 0. The summed E-state index contributed by atoms with van der Waals surface area (Å²) in [6.45, 7) is 3.77. The first-order chi connectivity index (χ1) is 11.6. The van der Waals surface area contributed by atoms with Crippen molar-refractivity contribution in [3.8, 4) is 5.75 Å². The average Bonchev–Trinajstić information content (AvgIpc) is 2.58. The molecule has 5 heteroatoms. The van der Waals surface area contributed by atoms with Crippen LogP contribution in [0, 0.1) is 0 Å². The van der Waals surface area contributed by atoms with Crippen LogP contribution in [0.4, 0.5) is 0 Å². The van der Waals surface area contributed by atoms with Gasteiger partial charge in [-0.3, -0.25) is 4.79 Å². The number of carbonyl (C=O) groups excluding carboxylic acids is 2. The number of esters is 1. The van der Waals surface area contributed by atoms with Crippen molar-refractivity contribution in [2.24, 2.45) is 0 Å². The van der Waals surface area contributed by atoms with Crippen LogP contribution in [0.3, 0.4) is 0 Å². The van der Waals surface area contributed by atoms with Gasteiger partial charge in [0.05, 0.1) is 0 Å². The molecular weight excluding hydrogens is 306 g/mol. The number of ether oxygens (including phenoxy) is 2. The number of carbonyl (C=O) groups is 2. The van der Waals surface area contributed by atoms with Crippen molar-refractivity contribution in [1.29, 1.82) is 0 Å². The molecule has 5 nitrogen and oxygen atoms in total. The van der Waals surface area contributed by atoms with Crippen molar-refractivity contribution >= 4 is 11.9 Å². The molecule has 0 saturated carbocycles. The van der Waals surface area contributed by atoms with Gasteiger partial charge in [0.25, 0.3) is 5.91 Å². The molecule has 0 unspecified atom stereocenters. The van der Waals surface area contributed by atoms with Crippen molar-refractivity contribution in [2.45, 2.75) is 26.5 Å². The third-order valence-electron chi connectivity index (χ3n) is 3.13. The third kappa shape index (κ3) is 5.43. The number of benzene rings is 2.